The van der Waals surface area contributed by atoms with Crippen LogP contribution in [0.25, 0.3) is 27.6 Å². The number of rotatable bonds is 8. The van der Waals surface area contributed by atoms with Crippen molar-refractivity contribution in [2.45, 2.75) is 55.6 Å². The predicted octanol–water partition coefficient (Wildman–Crippen LogP) is 4.69. The van der Waals surface area contributed by atoms with E-state index in [1.54, 1.807) is 27.3 Å². The molecule has 1 aromatic carbocycles. The Bertz CT molecular complexity index is 1870. The number of hydrogen-bond acceptors (Lipinski definition) is 9. The second kappa shape index (κ2) is 11.5. The Morgan fingerprint density at radius 3 is 2.38 bits per heavy atom. The molecule has 240 valence electrons. The maximum absolute atomic E-state index is 14.5. The normalized spacial score (nSPS) is 19.0. The summed E-state index contributed by atoms with van der Waals surface area (Å²) >= 11 is 0. The quantitative estimate of drug-likeness (QED) is 0.208. The van der Waals surface area contributed by atoms with Crippen molar-refractivity contribution in [3.8, 4) is 0 Å². The summed E-state index contributed by atoms with van der Waals surface area (Å²) in [4.78, 5) is 11.7. The molecule has 2 aliphatic rings. The number of hydrogen-bond donors (Lipinski definition) is 2. The first-order chi connectivity index (χ1) is 21.3. The van der Waals surface area contributed by atoms with Gasteiger partial charge in [0.25, 0.3) is 0 Å². The number of methoxy groups -OCH3 is 1. The van der Waals surface area contributed by atoms with Gasteiger partial charge in [-0.2, -0.15) is 0 Å². The number of allylic oxidation sites excluding steroid dienone is 1. The van der Waals surface area contributed by atoms with Crippen molar-refractivity contribution in [3.63, 3.8) is 0 Å². The van der Waals surface area contributed by atoms with Gasteiger partial charge in [0.1, 0.15) is 10.7 Å². The first-order valence-electron chi connectivity index (χ1n) is 15.0. The van der Waals surface area contributed by atoms with Crippen LogP contribution >= 0.6 is 0 Å². The molecule has 4 aromatic rings. The van der Waals surface area contributed by atoms with Gasteiger partial charge in [-0.05, 0) is 37.3 Å². The van der Waals surface area contributed by atoms with Crippen molar-refractivity contribution in [3.05, 3.63) is 65.6 Å². The topological polar surface area (TPSA) is 133 Å². The molecule has 1 saturated carbocycles. The Balaban J connectivity index is 1.74. The molecule has 1 saturated heterocycles. The summed E-state index contributed by atoms with van der Waals surface area (Å²) < 4.78 is 63.4. The number of nitrogens with zero attached hydrogens (tertiary/aromatic N) is 5. The monoisotopic (exact) mass is 639 g/mol. The number of pyridine rings is 2. The highest BCUT2D eigenvalue weighted by Gasteiger charge is 2.41. The van der Waals surface area contributed by atoms with Crippen LogP contribution in [0.4, 0.5) is 14.6 Å². The van der Waals surface area contributed by atoms with Gasteiger partial charge in [-0.25, -0.2) is 28.0 Å². The molecule has 1 atom stereocenters. The number of hydrazine groups is 1. The van der Waals surface area contributed by atoms with Gasteiger partial charge in [0.15, 0.2) is 9.84 Å². The molecular formula is C32H39F2N7O3S. The van der Waals surface area contributed by atoms with E-state index in [0.717, 1.165) is 11.8 Å². The molecule has 4 N–H and O–H groups in total. The smallest absolute Gasteiger partial charge is 0.248 e. The number of alkyl halides is 2. The molecule has 2 fully saturated rings. The van der Waals surface area contributed by atoms with Crippen LogP contribution in [0.15, 0.2) is 59.4 Å². The van der Waals surface area contributed by atoms with Crippen LogP contribution in [0.3, 0.4) is 0 Å². The van der Waals surface area contributed by atoms with Gasteiger partial charge < -0.3 is 24.9 Å². The molecule has 1 aliphatic heterocycles. The van der Waals surface area contributed by atoms with Gasteiger partial charge in [0.2, 0.25) is 5.92 Å². The van der Waals surface area contributed by atoms with Gasteiger partial charge in [-0.1, -0.05) is 30.3 Å². The van der Waals surface area contributed by atoms with Crippen LogP contribution in [-0.4, -0.2) is 73.5 Å². The minimum absolute atomic E-state index is 0.0191. The summed E-state index contributed by atoms with van der Waals surface area (Å²) in [6, 6.07) is 11.1. The molecule has 13 heteroatoms. The molecule has 0 bridgehead atoms. The van der Waals surface area contributed by atoms with Crippen LogP contribution in [0, 0.1) is 5.92 Å². The fourth-order valence-corrected chi connectivity index (χ4v) is 7.74. The highest BCUT2D eigenvalue weighted by Crippen LogP contribution is 2.48. The summed E-state index contributed by atoms with van der Waals surface area (Å²) in [5.41, 5.74) is 10.5. The standard InChI is InChI=1S/C32H39F2N7O3S/c1-19(35)28(39(2)36)22-14-24-27(37-15-22)26-30(25(45(4,42)43)16-38-31(26)40-17-23(18-40)44-3)41(24)29(20-8-6-5-7-9-20)21-10-12-32(33,34)13-11-21/h5-9,14-16,21,23,29H,10-13,17-18,35-36H2,1-4H3/b28-19-. The third kappa shape index (κ3) is 5.61. The minimum atomic E-state index is -3.80. The van der Waals surface area contributed by atoms with E-state index in [4.69, 9.17) is 21.3 Å². The summed E-state index contributed by atoms with van der Waals surface area (Å²) in [5, 5.41) is 2.01. The first kappa shape index (κ1) is 31.2. The van der Waals surface area contributed by atoms with Crippen molar-refractivity contribution in [2.24, 2.45) is 17.5 Å². The number of halogens is 2. The molecule has 1 unspecified atom stereocenters. The van der Waals surface area contributed by atoms with Crippen molar-refractivity contribution < 1.29 is 21.9 Å². The molecule has 0 spiro atoms. The van der Waals surface area contributed by atoms with Crippen molar-refractivity contribution >= 4 is 43.3 Å². The lowest BCUT2D eigenvalue weighted by atomic mass is 9.79. The van der Waals surface area contributed by atoms with E-state index in [0.29, 0.717) is 57.8 Å². The highest BCUT2D eigenvalue weighted by molar-refractivity contribution is 7.91. The maximum Gasteiger partial charge on any atom is 0.248 e. The number of sulfone groups is 1. The fourth-order valence-electron chi connectivity index (χ4n) is 6.94. The predicted molar refractivity (Wildman–Crippen MR) is 171 cm³/mol. The number of fused-ring (bicyclic) bond motifs is 3. The second-order valence-corrected chi connectivity index (χ2v) is 14.3. The van der Waals surface area contributed by atoms with Gasteiger partial charge >= 0.3 is 0 Å². The van der Waals surface area contributed by atoms with E-state index in [2.05, 4.69) is 4.98 Å². The molecule has 4 heterocycles. The minimum Gasteiger partial charge on any atom is -0.401 e. The zero-order chi connectivity index (χ0) is 32.3. The summed E-state index contributed by atoms with van der Waals surface area (Å²) in [6.45, 7) is 2.91. The van der Waals surface area contributed by atoms with Gasteiger partial charge in [-0.15, -0.1) is 0 Å². The van der Waals surface area contributed by atoms with Gasteiger partial charge in [0.05, 0.1) is 46.0 Å². The molecule has 0 radical (unpaired) electrons. The van der Waals surface area contributed by atoms with Crippen LogP contribution in [0.1, 0.15) is 49.8 Å². The number of benzene rings is 1. The third-order valence-corrected chi connectivity index (χ3v) is 10.2. The number of ether oxygens (including phenoxy) is 1. The SMILES string of the molecule is COC1CN(c2ncc(S(C)(=O)=O)c3c2c2ncc(/C(=C(\C)N)N(C)N)cc2n3C(c2ccccc2)C2CCC(F)(F)CC2)C1. The molecular weight excluding hydrogens is 600 g/mol. The molecule has 3 aromatic heterocycles. The van der Waals surface area contributed by atoms with E-state index in [1.807, 2.05) is 45.9 Å². The number of aromatic nitrogens is 3. The molecule has 45 heavy (non-hydrogen) atoms. The van der Waals surface area contributed by atoms with E-state index in [9.17, 15) is 17.2 Å². The maximum atomic E-state index is 14.5. The number of nitrogens with two attached hydrogens (primary N) is 2. The van der Waals surface area contributed by atoms with Crippen molar-refractivity contribution in [1.29, 1.82) is 0 Å². The Labute approximate surface area is 261 Å². The molecule has 6 rings (SSSR count). The van der Waals surface area contributed by atoms with Crippen LogP contribution in [-0.2, 0) is 14.6 Å². The zero-order valence-corrected chi connectivity index (χ0v) is 26.7. The van der Waals surface area contributed by atoms with Crippen molar-refractivity contribution in [2.75, 3.05) is 38.4 Å². The summed E-state index contributed by atoms with van der Waals surface area (Å²) in [7, 11) is -0.459. The molecule has 0 amide bonds. The summed E-state index contributed by atoms with van der Waals surface area (Å²) in [6.07, 6.45) is 4.32. The number of anilines is 1. The van der Waals surface area contributed by atoms with E-state index >= 15 is 0 Å². The van der Waals surface area contributed by atoms with Crippen LogP contribution in [0.2, 0.25) is 0 Å². The fraction of sp³-hybridized carbons (Fsp3) is 0.438. The first-order valence-corrected chi connectivity index (χ1v) is 16.9. The second-order valence-electron chi connectivity index (χ2n) is 12.4. The van der Waals surface area contributed by atoms with Crippen LogP contribution < -0.4 is 16.5 Å². The molecule has 1 aliphatic carbocycles. The largest absolute Gasteiger partial charge is 0.401 e. The lowest BCUT2D eigenvalue weighted by Crippen LogP contribution is -2.52. The van der Waals surface area contributed by atoms with Crippen molar-refractivity contribution in [1.82, 2.24) is 19.5 Å². The Morgan fingerprint density at radius 1 is 1.13 bits per heavy atom. The van der Waals surface area contributed by atoms with E-state index in [-0.39, 0.29) is 42.6 Å². The zero-order valence-electron chi connectivity index (χ0n) is 25.9. The Morgan fingerprint density at radius 2 is 1.80 bits per heavy atom. The average molecular weight is 640 g/mol. The summed E-state index contributed by atoms with van der Waals surface area (Å²) in [5.74, 6) is 3.86. The van der Waals surface area contributed by atoms with Gasteiger partial charge in [-0.3, -0.25) is 4.98 Å². The lowest BCUT2D eigenvalue weighted by Gasteiger charge is -2.39. The Hall–Kier alpha value is -3.81. The van der Waals surface area contributed by atoms with E-state index < -0.39 is 21.8 Å². The van der Waals surface area contributed by atoms with Gasteiger partial charge in [0, 0.05) is 63.8 Å². The highest BCUT2D eigenvalue weighted by atomic mass is 32.2. The Kier molecular flexibility index (Phi) is 7.99. The average Bonchev–Trinajstić information content (AvgIpc) is 3.27. The van der Waals surface area contributed by atoms with E-state index in [1.165, 1.54) is 11.2 Å². The molecule has 10 nitrogen and oxygen atoms in total. The third-order valence-electron chi connectivity index (χ3n) is 9.11. The van der Waals surface area contributed by atoms with Crippen LogP contribution in [0.5, 0.6) is 0 Å². The lowest BCUT2D eigenvalue weighted by molar-refractivity contribution is -0.0493.